The van der Waals surface area contributed by atoms with Gasteiger partial charge in [-0.05, 0) is 48.4 Å². The van der Waals surface area contributed by atoms with Gasteiger partial charge in [0.15, 0.2) is 0 Å². The van der Waals surface area contributed by atoms with Crippen LogP contribution in [0.3, 0.4) is 0 Å². The Morgan fingerprint density at radius 3 is 2.73 bits per heavy atom. The van der Waals surface area contributed by atoms with E-state index in [1.165, 1.54) is 6.07 Å². The third-order valence-electron chi connectivity index (χ3n) is 4.43. The van der Waals surface area contributed by atoms with Crippen LogP contribution in [0.25, 0.3) is 16.7 Å². The van der Waals surface area contributed by atoms with Crippen LogP contribution in [0.2, 0.25) is 0 Å². The van der Waals surface area contributed by atoms with Crippen LogP contribution in [-0.4, -0.2) is 15.5 Å². The van der Waals surface area contributed by atoms with E-state index in [0.717, 1.165) is 22.9 Å². The van der Waals surface area contributed by atoms with Gasteiger partial charge in [-0.2, -0.15) is 13.2 Å². The Balaban J connectivity index is 1.97. The van der Waals surface area contributed by atoms with Crippen molar-refractivity contribution in [2.75, 3.05) is 5.32 Å². The average molecular weight is 380 g/mol. The van der Waals surface area contributed by atoms with Gasteiger partial charge in [-0.25, -0.2) is 4.98 Å². The maximum absolute atomic E-state index is 13.1. The van der Waals surface area contributed by atoms with Crippen LogP contribution in [0.5, 0.6) is 0 Å². The molecule has 1 amide bonds. The lowest BCUT2D eigenvalue weighted by Crippen LogP contribution is -2.09. The van der Waals surface area contributed by atoms with E-state index in [-0.39, 0.29) is 23.9 Å². The van der Waals surface area contributed by atoms with Crippen molar-refractivity contribution in [2.45, 2.75) is 25.4 Å². The third kappa shape index (κ3) is 2.63. The minimum atomic E-state index is -4.53. The number of anilines is 1. The summed E-state index contributed by atoms with van der Waals surface area (Å²) in [6.07, 6.45) is -4.30. The van der Waals surface area contributed by atoms with E-state index in [1.807, 2.05) is 13.0 Å². The standard InChI is InChI=1S/C18H13ClF3N3O/c1-9-4-12(6-11-7-15(26)24-16(9)11)25-13(8-19)5-10-2-3-14(18(20,21)22)23-17(10)25/h2-6H,7-8H2,1H3,(H,24,26). The van der Waals surface area contributed by atoms with E-state index in [0.29, 0.717) is 16.8 Å². The van der Waals surface area contributed by atoms with E-state index < -0.39 is 11.9 Å². The number of rotatable bonds is 2. The maximum atomic E-state index is 13.1. The number of alkyl halides is 4. The second kappa shape index (κ2) is 5.74. The van der Waals surface area contributed by atoms with Crippen LogP contribution in [0.4, 0.5) is 18.9 Å². The zero-order chi connectivity index (χ0) is 18.6. The monoisotopic (exact) mass is 379 g/mol. The molecular formula is C18H13ClF3N3O. The highest BCUT2D eigenvalue weighted by Gasteiger charge is 2.33. The molecular weight excluding hydrogens is 367 g/mol. The third-order valence-corrected chi connectivity index (χ3v) is 4.70. The summed E-state index contributed by atoms with van der Waals surface area (Å²) in [7, 11) is 0. The number of aryl methyl sites for hydroxylation is 1. The number of hydrogen-bond acceptors (Lipinski definition) is 2. The van der Waals surface area contributed by atoms with Gasteiger partial charge in [-0.3, -0.25) is 9.36 Å². The van der Waals surface area contributed by atoms with Gasteiger partial charge in [0.2, 0.25) is 5.91 Å². The highest BCUT2D eigenvalue weighted by atomic mass is 35.5. The number of halogens is 4. The van der Waals surface area contributed by atoms with Crippen LogP contribution in [-0.2, 0) is 23.3 Å². The van der Waals surface area contributed by atoms with Crippen molar-refractivity contribution in [3.63, 3.8) is 0 Å². The molecule has 4 nitrogen and oxygen atoms in total. The quantitative estimate of drug-likeness (QED) is 0.662. The van der Waals surface area contributed by atoms with Gasteiger partial charge >= 0.3 is 6.18 Å². The van der Waals surface area contributed by atoms with E-state index in [2.05, 4.69) is 10.3 Å². The van der Waals surface area contributed by atoms with E-state index in [9.17, 15) is 18.0 Å². The number of carbonyl (C=O) groups excluding carboxylic acids is 1. The van der Waals surface area contributed by atoms with Gasteiger partial charge in [0.1, 0.15) is 11.3 Å². The SMILES string of the molecule is Cc1cc(-n2c(CCl)cc3ccc(C(F)(F)F)nc32)cc2c1NC(=O)C2. The number of fused-ring (bicyclic) bond motifs is 2. The van der Waals surface area contributed by atoms with Crippen molar-refractivity contribution < 1.29 is 18.0 Å². The van der Waals surface area contributed by atoms with Gasteiger partial charge in [-0.1, -0.05) is 0 Å². The van der Waals surface area contributed by atoms with Gasteiger partial charge in [0, 0.05) is 22.5 Å². The number of hydrogen-bond donors (Lipinski definition) is 1. The molecule has 0 saturated carbocycles. The van der Waals surface area contributed by atoms with E-state index in [4.69, 9.17) is 11.6 Å². The molecule has 1 N–H and O–H groups in total. The first-order chi connectivity index (χ1) is 12.3. The molecule has 3 aromatic rings. The predicted molar refractivity (Wildman–Crippen MR) is 92.7 cm³/mol. The molecule has 26 heavy (non-hydrogen) atoms. The average Bonchev–Trinajstić information content (AvgIpc) is 3.12. The fourth-order valence-corrected chi connectivity index (χ4v) is 3.52. The van der Waals surface area contributed by atoms with Crippen molar-refractivity contribution in [3.05, 3.63) is 52.8 Å². The molecule has 1 aliphatic heterocycles. The molecule has 2 aromatic heterocycles. The van der Waals surface area contributed by atoms with Crippen LogP contribution < -0.4 is 5.32 Å². The maximum Gasteiger partial charge on any atom is 0.433 e. The molecule has 0 fully saturated rings. The highest BCUT2D eigenvalue weighted by Crippen LogP contribution is 2.34. The van der Waals surface area contributed by atoms with Crippen LogP contribution >= 0.6 is 11.6 Å². The second-order valence-corrected chi connectivity index (χ2v) is 6.50. The zero-order valence-corrected chi connectivity index (χ0v) is 14.4. The van der Waals surface area contributed by atoms with Crippen LogP contribution in [0.1, 0.15) is 22.5 Å². The van der Waals surface area contributed by atoms with Gasteiger partial charge in [0.25, 0.3) is 0 Å². The molecule has 0 unspecified atom stereocenters. The normalized spacial score (nSPS) is 14.0. The summed E-state index contributed by atoms with van der Waals surface area (Å²) in [5.74, 6) is 0.0121. The molecule has 1 aromatic carbocycles. The lowest BCUT2D eigenvalue weighted by atomic mass is 10.1. The number of benzene rings is 1. The molecule has 8 heteroatoms. The summed E-state index contributed by atoms with van der Waals surface area (Å²) < 4.78 is 40.9. The second-order valence-electron chi connectivity index (χ2n) is 6.23. The van der Waals surface area contributed by atoms with E-state index >= 15 is 0 Å². The fourth-order valence-electron chi connectivity index (χ4n) is 3.32. The van der Waals surface area contributed by atoms with Crippen LogP contribution in [0, 0.1) is 6.92 Å². The summed E-state index contributed by atoms with van der Waals surface area (Å²) in [6, 6.07) is 7.67. The van der Waals surface area contributed by atoms with Gasteiger partial charge in [-0.15, -0.1) is 11.6 Å². The molecule has 3 heterocycles. The van der Waals surface area contributed by atoms with Gasteiger partial charge in [0.05, 0.1) is 12.3 Å². The molecule has 1 aliphatic rings. The summed E-state index contributed by atoms with van der Waals surface area (Å²) in [6.45, 7) is 1.84. The van der Waals surface area contributed by atoms with Crippen molar-refractivity contribution >= 4 is 34.2 Å². The number of aromatic nitrogens is 2. The summed E-state index contributed by atoms with van der Waals surface area (Å²) in [5.41, 5.74) is 2.89. The largest absolute Gasteiger partial charge is 0.433 e. The first-order valence-electron chi connectivity index (χ1n) is 7.86. The summed E-state index contributed by atoms with van der Waals surface area (Å²) in [5, 5.41) is 3.36. The first-order valence-corrected chi connectivity index (χ1v) is 8.39. The number of nitrogens with one attached hydrogen (secondary N) is 1. The number of carbonyl (C=O) groups is 1. The Labute approximate surface area is 151 Å². The highest BCUT2D eigenvalue weighted by molar-refractivity contribution is 6.17. The molecule has 4 rings (SSSR count). The number of pyridine rings is 1. The molecule has 0 spiro atoms. The Morgan fingerprint density at radius 1 is 1.27 bits per heavy atom. The zero-order valence-electron chi connectivity index (χ0n) is 13.6. The Morgan fingerprint density at radius 2 is 2.04 bits per heavy atom. The predicted octanol–water partition coefficient (Wildman–Crippen LogP) is 4.59. The van der Waals surface area contributed by atoms with Gasteiger partial charge < -0.3 is 5.32 Å². The lowest BCUT2D eigenvalue weighted by Gasteiger charge is -2.13. The van der Waals surface area contributed by atoms with Crippen LogP contribution in [0.15, 0.2) is 30.3 Å². The minimum Gasteiger partial charge on any atom is -0.325 e. The molecule has 0 atom stereocenters. The van der Waals surface area contributed by atoms with E-state index in [1.54, 1.807) is 16.7 Å². The summed E-state index contributed by atoms with van der Waals surface area (Å²) >= 11 is 6.03. The topological polar surface area (TPSA) is 46.9 Å². The molecule has 134 valence electrons. The Kier molecular flexibility index (Phi) is 3.73. The Hall–Kier alpha value is -2.54. The van der Waals surface area contributed by atoms with Crippen molar-refractivity contribution in [3.8, 4) is 5.69 Å². The Bertz CT molecular complexity index is 1060. The summed E-state index contributed by atoms with van der Waals surface area (Å²) in [4.78, 5) is 15.5. The molecule has 0 radical (unpaired) electrons. The van der Waals surface area contributed by atoms with Crippen molar-refractivity contribution in [2.24, 2.45) is 0 Å². The van der Waals surface area contributed by atoms with Crippen molar-refractivity contribution in [1.29, 1.82) is 0 Å². The molecule has 0 bridgehead atoms. The molecule has 0 saturated heterocycles. The first kappa shape index (κ1) is 16.9. The molecule has 0 aliphatic carbocycles. The fraction of sp³-hybridized carbons (Fsp3) is 0.222. The lowest BCUT2D eigenvalue weighted by molar-refractivity contribution is -0.141. The number of amides is 1. The van der Waals surface area contributed by atoms with Crippen molar-refractivity contribution in [1.82, 2.24) is 9.55 Å². The minimum absolute atomic E-state index is 0.104. The smallest absolute Gasteiger partial charge is 0.325 e. The number of nitrogens with zero attached hydrogens (tertiary/aromatic N) is 2.